The Labute approximate surface area is 88.1 Å². The van der Waals surface area contributed by atoms with Crippen LogP contribution in [0.3, 0.4) is 0 Å². The van der Waals surface area contributed by atoms with Gasteiger partial charge in [0.15, 0.2) is 0 Å². The van der Waals surface area contributed by atoms with Crippen molar-refractivity contribution in [3.8, 4) is 0 Å². The van der Waals surface area contributed by atoms with Gasteiger partial charge in [-0.1, -0.05) is 30.2 Å². The Bertz CT molecular complexity index is 468. The van der Waals surface area contributed by atoms with E-state index in [0.29, 0.717) is 0 Å². The van der Waals surface area contributed by atoms with E-state index in [1.54, 1.807) is 0 Å². The van der Waals surface area contributed by atoms with Crippen molar-refractivity contribution in [1.29, 1.82) is 0 Å². The highest BCUT2D eigenvalue weighted by Gasteiger charge is 2.21. The van der Waals surface area contributed by atoms with Crippen molar-refractivity contribution in [2.75, 3.05) is 0 Å². The molecule has 0 radical (unpaired) electrons. The molecule has 0 unspecified atom stereocenters. The van der Waals surface area contributed by atoms with Crippen molar-refractivity contribution >= 4 is 22.5 Å². The Kier molecular flexibility index (Phi) is 1.81. The molecule has 72 valence electrons. The number of nitrogens with one attached hydrogen (secondary N) is 1. The molecule has 0 atom stereocenters. The fourth-order valence-electron chi connectivity index (χ4n) is 2.08. The number of fused-ring (bicyclic) bond motifs is 1. The summed E-state index contributed by atoms with van der Waals surface area (Å²) in [5, 5.41) is 2.06. The van der Waals surface area contributed by atoms with Gasteiger partial charge in [-0.15, -0.1) is 0 Å². The molecular weight excluding hydrogens is 194 g/mol. The number of hydrogen-bond donors (Lipinski definition) is 1. The number of rotatable bonds is 1. The van der Waals surface area contributed by atoms with Gasteiger partial charge in [-0.25, -0.2) is 0 Å². The lowest BCUT2D eigenvalue weighted by atomic mass is 9.83. The molecule has 1 aliphatic carbocycles. The molecular formula is C12H12ClN. The van der Waals surface area contributed by atoms with Crippen molar-refractivity contribution in [2.45, 2.75) is 25.2 Å². The van der Waals surface area contributed by atoms with Crippen LogP contribution in [0.2, 0.25) is 5.02 Å². The van der Waals surface area contributed by atoms with Gasteiger partial charge in [-0.2, -0.15) is 0 Å². The van der Waals surface area contributed by atoms with Gasteiger partial charge in [0.2, 0.25) is 0 Å². The molecule has 0 aliphatic heterocycles. The molecule has 1 fully saturated rings. The summed E-state index contributed by atoms with van der Waals surface area (Å²) in [5.74, 6) is 0.749. The van der Waals surface area contributed by atoms with Crippen LogP contribution in [-0.2, 0) is 0 Å². The summed E-state index contributed by atoms with van der Waals surface area (Å²) in [6.07, 6.45) is 4.02. The van der Waals surface area contributed by atoms with Crippen molar-refractivity contribution in [3.05, 3.63) is 35.0 Å². The zero-order valence-corrected chi connectivity index (χ0v) is 8.64. The minimum Gasteiger partial charge on any atom is -0.357 e. The number of halogens is 1. The average molecular weight is 206 g/mol. The molecule has 1 aromatic carbocycles. The SMILES string of the molecule is Clc1cccc2cc(C3CCC3)[nH]c12. The fourth-order valence-corrected chi connectivity index (χ4v) is 2.31. The quantitative estimate of drug-likeness (QED) is 0.722. The van der Waals surface area contributed by atoms with Crippen molar-refractivity contribution in [2.24, 2.45) is 0 Å². The second kappa shape index (κ2) is 3.03. The first-order valence-electron chi connectivity index (χ1n) is 5.12. The van der Waals surface area contributed by atoms with Gasteiger partial charge in [0.1, 0.15) is 0 Å². The summed E-state index contributed by atoms with van der Waals surface area (Å²) in [4.78, 5) is 3.43. The normalized spacial score (nSPS) is 17.2. The van der Waals surface area contributed by atoms with E-state index >= 15 is 0 Å². The topological polar surface area (TPSA) is 15.8 Å². The van der Waals surface area contributed by atoms with E-state index in [0.717, 1.165) is 16.5 Å². The molecule has 1 heterocycles. The predicted octanol–water partition coefficient (Wildman–Crippen LogP) is 4.09. The second-order valence-electron chi connectivity index (χ2n) is 4.06. The maximum absolute atomic E-state index is 6.11. The Hall–Kier alpha value is -0.950. The van der Waals surface area contributed by atoms with Gasteiger partial charge < -0.3 is 4.98 Å². The van der Waals surface area contributed by atoms with Gasteiger partial charge in [-0.3, -0.25) is 0 Å². The molecule has 0 saturated heterocycles. The summed E-state index contributed by atoms with van der Waals surface area (Å²) < 4.78 is 0. The first-order valence-corrected chi connectivity index (χ1v) is 5.49. The zero-order chi connectivity index (χ0) is 9.54. The van der Waals surface area contributed by atoms with E-state index in [9.17, 15) is 0 Å². The maximum Gasteiger partial charge on any atom is 0.0647 e. The number of para-hydroxylation sites is 1. The monoisotopic (exact) mass is 205 g/mol. The summed E-state index contributed by atoms with van der Waals surface area (Å²) in [5.41, 5.74) is 2.45. The van der Waals surface area contributed by atoms with E-state index in [1.807, 2.05) is 12.1 Å². The number of hydrogen-bond acceptors (Lipinski definition) is 0. The average Bonchev–Trinajstić information content (AvgIpc) is 2.46. The van der Waals surface area contributed by atoms with Gasteiger partial charge in [-0.05, 0) is 30.9 Å². The Balaban J connectivity index is 2.15. The van der Waals surface area contributed by atoms with E-state index in [2.05, 4.69) is 17.1 Å². The van der Waals surface area contributed by atoms with Crippen LogP contribution in [0.5, 0.6) is 0 Å². The van der Waals surface area contributed by atoms with Crippen LogP contribution in [0.4, 0.5) is 0 Å². The van der Waals surface area contributed by atoms with Crippen LogP contribution >= 0.6 is 11.6 Å². The zero-order valence-electron chi connectivity index (χ0n) is 7.89. The van der Waals surface area contributed by atoms with Gasteiger partial charge in [0.25, 0.3) is 0 Å². The fraction of sp³-hybridized carbons (Fsp3) is 0.333. The third-order valence-corrected chi connectivity index (χ3v) is 3.49. The van der Waals surface area contributed by atoms with Gasteiger partial charge in [0, 0.05) is 11.1 Å². The number of benzene rings is 1. The molecule has 2 aromatic rings. The Morgan fingerprint density at radius 1 is 1.29 bits per heavy atom. The lowest BCUT2D eigenvalue weighted by Gasteiger charge is -2.23. The van der Waals surface area contributed by atoms with E-state index in [4.69, 9.17) is 11.6 Å². The van der Waals surface area contributed by atoms with Crippen LogP contribution in [-0.4, -0.2) is 4.98 Å². The first kappa shape index (κ1) is 8.37. The van der Waals surface area contributed by atoms with Crippen molar-refractivity contribution in [3.63, 3.8) is 0 Å². The lowest BCUT2D eigenvalue weighted by molar-refractivity contribution is 0.413. The molecule has 0 bridgehead atoms. The third-order valence-electron chi connectivity index (χ3n) is 3.17. The summed E-state index contributed by atoms with van der Waals surface area (Å²) in [7, 11) is 0. The van der Waals surface area contributed by atoms with Crippen LogP contribution in [0.15, 0.2) is 24.3 Å². The van der Waals surface area contributed by atoms with E-state index < -0.39 is 0 Å². The minimum absolute atomic E-state index is 0.749. The summed E-state index contributed by atoms with van der Waals surface area (Å²) in [6.45, 7) is 0. The molecule has 1 saturated carbocycles. The van der Waals surface area contributed by atoms with Crippen LogP contribution in [0.1, 0.15) is 30.9 Å². The van der Waals surface area contributed by atoms with Crippen molar-refractivity contribution in [1.82, 2.24) is 4.98 Å². The molecule has 1 aliphatic rings. The van der Waals surface area contributed by atoms with Gasteiger partial charge >= 0.3 is 0 Å². The molecule has 0 spiro atoms. The Morgan fingerprint density at radius 2 is 2.14 bits per heavy atom. The highest BCUT2D eigenvalue weighted by atomic mass is 35.5. The summed E-state index contributed by atoms with van der Waals surface area (Å²) in [6, 6.07) is 8.29. The second-order valence-corrected chi connectivity index (χ2v) is 4.46. The summed E-state index contributed by atoms with van der Waals surface area (Å²) >= 11 is 6.11. The number of aromatic nitrogens is 1. The van der Waals surface area contributed by atoms with Gasteiger partial charge in [0.05, 0.1) is 10.5 Å². The maximum atomic E-state index is 6.11. The molecule has 0 amide bonds. The third kappa shape index (κ3) is 1.16. The highest BCUT2D eigenvalue weighted by Crippen LogP contribution is 2.37. The molecule has 1 nitrogen and oxygen atoms in total. The lowest BCUT2D eigenvalue weighted by Crippen LogP contribution is -2.08. The van der Waals surface area contributed by atoms with Crippen LogP contribution < -0.4 is 0 Å². The first-order chi connectivity index (χ1) is 6.84. The standard InChI is InChI=1S/C12H12ClN/c13-10-6-2-5-9-7-11(14-12(9)10)8-3-1-4-8/h2,5-8,14H,1,3-4H2. The van der Waals surface area contributed by atoms with Crippen LogP contribution in [0, 0.1) is 0 Å². The molecule has 3 rings (SSSR count). The molecule has 1 aromatic heterocycles. The smallest absolute Gasteiger partial charge is 0.0647 e. The molecule has 1 N–H and O–H groups in total. The predicted molar refractivity (Wildman–Crippen MR) is 59.9 cm³/mol. The van der Waals surface area contributed by atoms with E-state index in [-0.39, 0.29) is 0 Å². The van der Waals surface area contributed by atoms with Crippen LogP contribution in [0.25, 0.3) is 10.9 Å². The molecule has 2 heteroatoms. The highest BCUT2D eigenvalue weighted by molar-refractivity contribution is 6.35. The largest absolute Gasteiger partial charge is 0.357 e. The number of H-pyrrole nitrogens is 1. The van der Waals surface area contributed by atoms with E-state index in [1.165, 1.54) is 30.3 Å². The Morgan fingerprint density at radius 3 is 2.79 bits per heavy atom. The van der Waals surface area contributed by atoms with Crippen molar-refractivity contribution < 1.29 is 0 Å². The minimum atomic E-state index is 0.749. The number of aromatic amines is 1. The molecule has 14 heavy (non-hydrogen) atoms.